The van der Waals surface area contributed by atoms with Crippen molar-refractivity contribution in [2.24, 2.45) is 0 Å². The van der Waals surface area contributed by atoms with Gasteiger partial charge in [-0.1, -0.05) is 23.2 Å². The smallest absolute Gasteiger partial charge is 0.319 e. The van der Waals surface area contributed by atoms with E-state index in [9.17, 15) is 9.59 Å². The van der Waals surface area contributed by atoms with E-state index in [1.165, 1.54) is 19.4 Å². The molecule has 0 N–H and O–H groups in total. The fourth-order valence-electron chi connectivity index (χ4n) is 2.08. The predicted octanol–water partition coefficient (Wildman–Crippen LogP) is 1.32. The summed E-state index contributed by atoms with van der Waals surface area (Å²) >= 11 is 11.6. The van der Waals surface area contributed by atoms with Crippen molar-refractivity contribution >= 4 is 35.1 Å². The molecule has 0 aliphatic carbocycles. The van der Waals surface area contributed by atoms with Crippen LogP contribution in [0.25, 0.3) is 0 Å². The van der Waals surface area contributed by atoms with Crippen LogP contribution in [-0.4, -0.2) is 66.5 Å². The molecule has 6 nitrogen and oxygen atoms in total. The van der Waals surface area contributed by atoms with E-state index in [1.54, 1.807) is 4.90 Å². The molecule has 1 amide bonds. The Morgan fingerprint density at radius 3 is 2.52 bits per heavy atom. The van der Waals surface area contributed by atoms with E-state index in [2.05, 4.69) is 9.72 Å². The number of pyridine rings is 1. The SMILES string of the molecule is COC(=O)CN1CCN(C(=O)c2cnc(Cl)c(Cl)c2)CC1. The third-order valence-electron chi connectivity index (χ3n) is 3.28. The number of hydrogen-bond acceptors (Lipinski definition) is 5. The topological polar surface area (TPSA) is 62.7 Å². The number of carbonyl (C=O) groups excluding carboxylic acids is 2. The molecule has 114 valence electrons. The molecule has 0 bridgehead atoms. The zero-order chi connectivity index (χ0) is 15.4. The number of ether oxygens (including phenoxy) is 1. The Morgan fingerprint density at radius 1 is 1.29 bits per heavy atom. The molecule has 0 radical (unpaired) electrons. The highest BCUT2D eigenvalue weighted by atomic mass is 35.5. The zero-order valence-corrected chi connectivity index (χ0v) is 13.0. The fourth-order valence-corrected chi connectivity index (χ4v) is 2.35. The molecule has 0 saturated carbocycles. The number of nitrogens with zero attached hydrogens (tertiary/aromatic N) is 3. The van der Waals surface area contributed by atoms with Gasteiger partial charge in [-0.25, -0.2) is 4.98 Å². The number of rotatable bonds is 3. The van der Waals surface area contributed by atoms with Crippen molar-refractivity contribution in [3.63, 3.8) is 0 Å². The highest BCUT2D eigenvalue weighted by Gasteiger charge is 2.24. The first-order valence-corrected chi connectivity index (χ1v) is 7.16. The van der Waals surface area contributed by atoms with Crippen LogP contribution in [0.2, 0.25) is 10.2 Å². The van der Waals surface area contributed by atoms with Crippen LogP contribution in [0, 0.1) is 0 Å². The Labute approximate surface area is 132 Å². The summed E-state index contributed by atoms with van der Waals surface area (Å²) in [4.78, 5) is 31.1. The molecule has 2 heterocycles. The van der Waals surface area contributed by atoms with Gasteiger partial charge in [0.15, 0.2) is 0 Å². The summed E-state index contributed by atoms with van der Waals surface area (Å²) in [7, 11) is 1.36. The molecule has 1 aliphatic rings. The molecule has 2 rings (SSSR count). The first-order chi connectivity index (χ1) is 10.0. The Hall–Kier alpha value is -1.37. The van der Waals surface area contributed by atoms with E-state index < -0.39 is 0 Å². The molecule has 0 atom stereocenters. The standard InChI is InChI=1S/C13H15Cl2N3O3/c1-21-11(19)8-17-2-4-18(5-3-17)13(20)9-6-10(14)12(15)16-7-9/h6-7H,2-5,8H2,1H3. The maximum Gasteiger partial charge on any atom is 0.319 e. The van der Waals surface area contributed by atoms with Crippen molar-refractivity contribution in [2.45, 2.75) is 0 Å². The van der Waals surface area contributed by atoms with Gasteiger partial charge in [0.2, 0.25) is 0 Å². The van der Waals surface area contributed by atoms with Crippen molar-refractivity contribution in [3.8, 4) is 0 Å². The quantitative estimate of drug-likeness (QED) is 0.617. The minimum absolute atomic E-state index is 0.140. The Balaban J connectivity index is 1.93. The van der Waals surface area contributed by atoms with Gasteiger partial charge in [-0.05, 0) is 6.07 Å². The van der Waals surface area contributed by atoms with Gasteiger partial charge in [0.05, 0.1) is 24.2 Å². The van der Waals surface area contributed by atoms with Crippen molar-refractivity contribution in [1.29, 1.82) is 0 Å². The predicted molar refractivity (Wildman–Crippen MR) is 78.6 cm³/mol. The lowest BCUT2D eigenvalue weighted by atomic mass is 10.2. The van der Waals surface area contributed by atoms with Crippen LogP contribution < -0.4 is 0 Å². The first-order valence-electron chi connectivity index (χ1n) is 6.40. The summed E-state index contributed by atoms with van der Waals surface area (Å²) < 4.78 is 4.62. The number of halogens is 2. The van der Waals surface area contributed by atoms with Crippen LogP contribution in [0.15, 0.2) is 12.3 Å². The molecule has 1 aromatic rings. The van der Waals surface area contributed by atoms with Gasteiger partial charge < -0.3 is 9.64 Å². The van der Waals surface area contributed by atoms with Crippen molar-refractivity contribution in [2.75, 3.05) is 39.8 Å². The molecule has 0 spiro atoms. The maximum absolute atomic E-state index is 12.3. The monoisotopic (exact) mass is 331 g/mol. The van der Waals surface area contributed by atoms with Crippen LogP contribution >= 0.6 is 23.2 Å². The molecule has 8 heteroatoms. The summed E-state index contributed by atoms with van der Waals surface area (Å²) in [5.74, 6) is -0.415. The molecule has 0 aromatic carbocycles. The van der Waals surface area contributed by atoms with E-state index in [-0.39, 0.29) is 28.6 Å². The highest BCUT2D eigenvalue weighted by molar-refractivity contribution is 6.41. The lowest BCUT2D eigenvalue weighted by Crippen LogP contribution is -2.50. The second-order valence-corrected chi connectivity index (χ2v) is 5.41. The second-order valence-electron chi connectivity index (χ2n) is 4.64. The van der Waals surface area contributed by atoms with Gasteiger partial charge in [-0.15, -0.1) is 0 Å². The van der Waals surface area contributed by atoms with Crippen LogP contribution in [0.3, 0.4) is 0 Å². The number of methoxy groups -OCH3 is 1. The van der Waals surface area contributed by atoms with E-state index in [1.807, 2.05) is 4.90 Å². The Kier molecular flexibility index (Phi) is 5.39. The molecular formula is C13H15Cl2N3O3. The van der Waals surface area contributed by atoms with Gasteiger partial charge in [-0.3, -0.25) is 14.5 Å². The zero-order valence-electron chi connectivity index (χ0n) is 11.5. The average molecular weight is 332 g/mol. The summed E-state index contributed by atoms with van der Waals surface area (Å²) in [5, 5.41) is 0.433. The van der Waals surface area contributed by atoms with Crippen molar-refractivity contribution < 1.29 is 14.3 Å². The molecule has 1 saturated heterocycles. The lowest BCUT2D eigenvalue weighted by Gasteiger charge is -2.34. The largest absolute Gasteiger partial charge is 0.468 e. The van der Waals surface area contributed by atoms with Gasteiger partial charge >= 0.3 is 5.97 Å². The summed E-state index contributed by atoms with van der Waals surface area (Å²) in [6.45, 7) is 2.56. The van der Waals surface area contributed by atoms with Crippen LogP contribution in [0.4, 0.5) is 0 Å². The maximum atomic E-state index is 12.3. The van der Waals surface area contributed by atoms with Gasteiger partial charge in [-0.2, -0.15) is 0 Å². The third kappa shape index (κ3) is 4.06. The lowest BCUT2D eigenvalue weighted by molar-refractivity contribution is -0.142. The Bertz CT molecular complexity index is 545. The van der Waals surface area contributed by atoms with Crippen molar-refractivity contribution in [3.05, 3.63) is 28.0 Å². The van der Waals surface area contributed by atoms with Gasteiger partial charge in [0.1, 0.15) is 5.15 Å². The van der Waals surface area contributed by atoms with E-state index in [0.717, 1.165) is 0 Å². The van der Waals surface area contributed by atoms with Crippen molar-refractivity contribution in [1.82, 2.24) is 14.8 Å². The number of hydrogen-bond donors (Lipinski definition) is 0. The summed E-state index contributed by atoms with van der Waals surface area (Å²) in [6, 6.07) is 1.51. The van der Waals surface area contributed by atoms with E-state index in [0.29, 0.717) is 31.7 Å². The number of piperazine rings is 1. The molecule has 0 unspecified atom stereocenters. The molecule has 1 aromatic heterocycles. The average Bonchev–Trinajstić information content (AvgIpc) is 2.50. The highest BCUT2D eigenvalue weighted by Crippen LogP contribution is 2.20. The Morgan fingerprint density at radius 2 is 1.95 bits per heavy atom. The molecule has 1 aliphatic heterocycles. The van der Waals surface area contributed by atoms with Gasteiger partial charge in [0.25, 0.3) is 5.91 Å². The number of amides is 1. The summed E-state index contributed by atoms with van der Waals surface area (Å²) in [5.41, 5.74) is 0.408. The third-order valence-corrected chi connectivity index (χ3v) is 3.97. The minimum Gasteiger partial charge on any atom is -0.468 e. The second kappa shape index (κ2) is 7.06. The minimum atomic E-state index is -0.275. The molecule has 1 fully saturated rings. The van der Waals surface area contributed by atoms with Crippen LogP contribution in [0.1, 0.15) is 10.4 Å². The molecule has 21 heavy (non-hydrogen) atoms. The van der Waals surface area contributed by atoms with Crippen LogP contribution in [-0.2, 0) is 9.53 Å². The fraction of sp³-hybridized carbons (Fsp3) is 0.462. The molecular weight excluding hydrogens is 317 g/mol. The number of esters is 1. The first kappa shape index (κ1) is 16.0. The van der Waals surface area contributed by atoms with E-state index in [4.69, 9.17) is 23.2 Å². The van der Waals surface area contributed by atoms with E-state index >= 15 is 0 Å². The summed E-state index contributed by atoms with van der Waals surface area (Å²) in [6.07, 6.45) is 1.41. The van der Waals surface area contributed by atoms with Crippen LogP contribution in [0.5, 0.6) is 0 Å². The number of carbonyl (C=O) groups is 2. The number of aromatic nitrogens is 1. The van der Waals surface area contributed by atoms with Gasteiger partial charge in [0, 0.05) is 32.4 Å². The normalized spacial score (nSPS) is 15.9.